The van der Waals surface area contributed by atoms with E-state index in [1.807, 2.05) is 7.11 Å². The second-order valence-corrected chi connectivity index (χ2v) is 9.11. The Morgan fingerprint density at radius 3 is 2.08 bits per heavy atom. The summed E-state index contributed by atoms with van der Waals surface area (Å²) in [5.74, 6) is 3.14. The third kappa shape index (κ3) is 5.83. The van der Waals surface area contributed by atoms with Crippen LogP contribution in [0.2, 0.25) is 0 Å². The molecule has 0 aliphatic carbocycles. The van der Waals surface area contributed by atoms with Crippen LogP contribution in [-0.4, -0.2) is 7.11 Å². The van der Waals surface area contributed by atoms with Gasteiger partial charge in [0.1, 0.15) is 5.75 Å². The van der Waals surface area contributed by atoms with Gasteiger partial charge in [0.05, 0.1) is 7.11 Å². The van der Waals surface area contributed by atoms with Crippen LogP contribution < -0.4 is 4.74 Å². The molecule has 0 saturated carbocycles. The highest BCUT2D eigenvalue weighted by Gasteiger charge is 2.24. The van der Waals surface area contributed by atoms with E-state index in [1.165, 1.54) is 36.0 Å². The molecule has 1 rings (SSSR count). The van der Waals surface area contributed by atoms with E-state index < -0.39 is 0 Å². The van der Waals surface area contributed by atoms with E-state index >= 15 is 0 Å². The fraction of sp³-hybridized carbons (Fsp3) is 0.739. The maximum Gasteiger partial charge on any atom is 0.126 e. The molecule has 1 heteroatoms. The molecule has 1 aromatic rings. The van der Waals surface area contributed by atoms with Crippen LogP contribution in [0.15, 0.2) is 12.1 Å². The molecule has 0 spiro atoms. The summed E-state index contributed by atoms with van der Waals surface area (Å²) in [7, 11) is 1.83. The van der Waals surface area contributed by atoms with Crippen molar-refractivity contribution in [2.45, 2.75) is 92.4 Å². The largest absolute Gasteiger partial charge is 0.496 e. The first-order valence-corrected chi connectivity index (χ1v) is 9.81. The molecule has 1 aromatic carbocycles. The molecule has 138 valence electrons. The number of ether oxygens (including phenoxy) is 1. The first kappa shape index (κ1) is 21.1. The number of hydrogen-bond donors (Lipinski definition) is 0. The molecule has 1 nitrogen and oxygen atoms in total. The molecule has 2 atom stereocenters. The van der Waals surface area contributed by atoms with Crippen LogP contribution >= 0.6 is 0 Å². The van der Waals surface area contributed by atoms with Gasteiger partial charge >= 0.3 is 0 Å². The van der Waals surface area contributed by atoms with Gasteiger partial charge in [0.2, 0.25) is 0 Å². The highest BCUT2D eigenvalue weighted by molar-refractivity contribution is 5.49. The van der Waals surface area contributed by atoms with Crippen molar-refractivity contribution >= 4 is 0 Å². The quantitative estimate of drug-likeness (QED) is 0.492. The maximum atomic E-state index is 5.92. The predicted molar refractivity (Wildman–Crippen MR) is 107 cm³/mol. The Morgan fingerprint density at radius 2 is 1.62 bits per heavy atom. The standard InChI is InChI=1S/C23H40O/c1-10-17(4)11-12-18(5)20-14-19(13-16(2)3)15-21(22(20)24-9)23(6,7)8/h14-18H,10-13H2,1-9H3. The summed E-state index contributed by atoms with van der Waals surface area (Å²) in [4.78, 5) is 0. The van der Waals surface area contributed by atoms with Crippen molar-refractivity contribution in [2.24, 2.45) is 11.8 Å². The van der Waals surface area contributed by atoms with Gasteiger partial charge in [-0.3, -0.25) is 0 Å². The zero-order chi connectivity index (χ0) is 18.5. The van der Waals surface area contributed by atoms with Crippen LogP contribution in [0, 0.1) is 11.8 Å². The lowest BCUT2D eigenvalue weighted by Crippen LogP contribution is -2.16. The molecule has 0 aliphatic heterocycles. The first-order chi connectivity index (χ1) is 11.1. The van der Waals surface area contributed by atoms with Crippen LogP contribution in [0.4, 0.5) is 0 Å². The SMILES string of the molecule is CCC(C)CCC(C)c1cc(CC(C)C)cc(C(C)(C)C)c1OC. The summed E-state index contributed by atoms with van der Waals surface area (Å²) in [6, 6.07) is 4.79. The molecule has 0 radical (unpaired) electrons. The highest BCUT2D eigenvalue weighted by atomic mass is 16.5. The molecule has 2 unspecified atom stereocenters. The van der Waals surface area contributed by atoms with E-state index in [9.17, 15) is 0 Å². The maximum absolute atomic E-state index is 5.92. The molecule has 0 aromatic heterocycles. The van der Waals surface area contributed by atoms with Crippen molar-refractivity contribution < 1.29 is 4.74 Å². The van der Waals surface area contributed by atoms with Gasteiger partial charge in [0.15, 0.2) is 0 Å². The van der Waals surface area contributed by atoms with Gasteiger partial charge in [0.25, 0.3) is 0 Å². The second-order valence-electron chi connectivity index (χ2n) is 9.11. The lowest BCUT2D eigenvalue weighted by molar-refractivity contribution is 0.384. The van der Waals surface area contributed by atoms with Crippen molar-refractivity contribution in [1.82, 2.24) is 0 Å². The lowest BCUT2D eigenvalue weighted by Gasteiger charge is -2.28. The van der Waals surface area contributed by atoms with Gasteiger partial charge in [-0.25, -0.2) is 0 Å². The van der Waals surface area contributed by atoms with Crippen LogP contribution in [0.5, 0.6) is 5.75 Å². The fourth-order valence-electron chi connectivity index (χ4n) is 3.35. The summed E-state index contributed by atoms with van der Waals surface area (Å²) in [5.41, 5.74) is 4.32. The van der Waals surface area contributed by atoms with E-state index in [0.717, 1.165) is 18.1 Å². The molecule has 0 amide bonds. The Hall–Kier alpha value is -0.980. The van der Waals surface area contributed by atoms with Crippen molar-refractivity contribution in [3.05, 3.63) is 28.8 Å². The Balaban J connectivity index is 3.28. The van der Waals surface area contributed by atoms with E-state index in [0.29, 0.717) is 11.8 Å². The van der Waals surface area contributed by atoms with Crippen LogP contribution in [0.25, 0.3) is 0 Å². The minimum Gasteiger partial charge on any atom is -0.496 e. The topological polar surface area (TPSA) is 9.23 Å². The Bertz CT molecular complexity index is 508. The summed E-state index contributed by atoms with van der Waals surface area (Å²) < 4.78 is 5.92. The number of hydrogen-bond acceptors (Lipinski definition) is 1. The molecular weight excluding hydrogens is 292 g/mol. The minimum absolute atomic E-state index is 0.101. The predicted octanol–water partition coefficient (Wildman–Crippen LogP) is 7.12. The number of rotatable bonds is 8. The van der Waals surface area contributed by atoms with Gasteiger partial charge < -0.3 is 4.74 Å². The Kier molecular flexibility index (Phi) is 7.83. The van der Waals surface area contributed by atoms with Crippen molar-refractivity contribution in [1.29, 1.82) is 0 Å². The van der Waals surface area contributed by atoms with E-state index in [2.05, 4.69) is 67.5 Å². The molecule has 0 aliphatic rings. The fourth-order valence-corrected chi connectivity index (χ4v) is 3.35. The zero-order valence-electron chi connectivity index (χ0n) is 17.6. The van der Waals surface area contributed by atoms with Crippen LogP contribution in [-0.2, 0) is 11.8 Å². The smallest absolute Gasteiger partial charge is 0.126 e. The molecule has 0 fully saturated rings. The normalized spacial score (nSPS) is 14.8. The van der Waals surface area contributed by atoms with E-state index in [1.54, 1.807) is 0 Å². The minimum atomic E-state index is 0.101. The molecule has 0 saturated heterocycles. The third-order valence-corrected chi connectivity index (χ3v) is 5.15. The Morgan fingerprint density at radius 1 is 1.00 bits per heavy atom. The molecule has 0 bridgehead atoms. The highest BCUT2D eigenvalue weighted by Crippen LogP contribution is 2.40. The van der Waals surface area contributed by atoms with Gasteiger partial charge in [-0.05, 0) is 47.1 Å². The number of benzene rings is 1. The molecule has 24 heavy (non-hydrogen) atoms. The average molecular weight is 333 g/mol. The zero-order valence-corrected chi connectivity index (χ0v) is 17.6. The summed E-state index contributed by atoms with van der Waals surface area (Å²) in [6.45, 7) is 18.5. The van der Waals surface area contributed by atoms with Crippen molar-refractivity contribution in [2.75, 3.05) is 7.11 Å². The molecular formula is C23H40O. The van der Waals surface area contributed by atoms with Gasteiger partial charge in [-0.15, -0.1) is 0 Å². The van der Waals surface area contributed by atoms with Gasteiger partial charge in [0, 0.05) is 5.56 Å². The Labute approximate surface area is 151 Å². The summed E-state index contributed by atoms with van der Waals surface area (Å²) in [5, 5.41) is 0. The van der Waals surface area contributed by atoms with Crippen molar-refractivity contribution in [3.8, 4) is 5.75 Å². The molecule has 0 heterocycles. The summed E-state index contributed by atoms with van der Waals surface area (Å²) >= 11 is 0. The number of methoxy groups -OCH3 is 1. The third-order valence-electron chi connectivity index (χ3n) is 5.15. The first-order valence-electron chi connectivity index (χ1n) is 9.81. The van der Waals surface area contributed by atoms with Crippen LogP contribution in [0.3, 0.4) is 0 Å². The van der Waals surface area contributed by atoms with E-state index in [-0.39, 0.29) is 5.41 Å². The average Bonchev–Trinajstić information content (AvgIpc) is 2.49. The van der Waals surface area contributed by atoms with Crippen LogP contribution in [0.1, 0.15) is 97.3 Å². The van der Waals surface area contributed by atoms with Crippen molar-refractivity contribution in [3.63, 3.8) is 0 Å². The summed E-state index contributed by atoms with van der Waals surface area (Å²) in [6.07, 6.45) is 4.93. The van der Waals surface area contributed by atoms with E-state index in [4.69, 9.17) is 4.74 Å². The van der Waals surface area contributed by atoms with Gasteiger partial charge in [-0.2, -0.15) is 0 Å². The van der Waals surface area contributed by atoms with Gasteiger partial charge in [-0.1, -0.05) is 80.4 Å². The monoisotopic (exact) mass is 332 g/mol. The lowest BCUT2D eigenvalue weighted by atomic mass is 9.80. The second kappa shape index (κ2) is 8.92. The molecule has 0 N–H and O–H groups in total.